The monoisotopic (exact) mass is 390 g/mol. The van der Waals surface area contributed by atoms with E-state index < -0.39 is 0 Å². The van der Waals surface area contributed by atoms with Gasteiger partial charge >= 0.3 is 0 Å². The van der Waals surface area contributed by atoms with Crippen LogP contribution in [0.3, 0.4) is 0 Å². The Morgan fingerprint density at radius 2 is 1.76 bits per heavy atom. The highest BCUT2D eigenvalue weighted by Gasteiger charge is 2.23. The molecule has 2 aromatic carbocycles. The molecule has 0 amide bonds. The summed E-state index contributed by atoms with van der Waals surface area (Å²) < 4.78 is 8.08. The molecule has 0 bridgehead atoms. The highest BCUT2D eigenvalue weighted by Crippen LogP contribution is 2.18. The Morgan fingerprint density at radius 1 is 1.07 bits per heavy atom. The Bertz CT molecular complexity index is 917. The molecular formula is C22H26N6O. The Hall–Kier alpha value is -3.35. The minimum absolute atomic E-state index is 0.243. The molecule has 0 unspecified atom stereocenters. The topological polar surface area (TPSA) is 67.6 Å². The van der Waals surface area contributed by atoms with Crippen LogP contribution in [0.2, 0.25) is 0 Å². The van der Waals surface area contributed by atoms with Gasteiger partial charge in [0.2, 0.25) is 0 Å². The number of aliphatic imine (C=N–C) groups is 1. The van der Waals surface area contributed by atoms with Gasteiger partial charge in [-0.1, -0.05) is 36.4 Å². The first-order valence-corrected chi connectivity index (χ1v) is 9.95. The van der Waals surface area contributed by atoms with E-state index in [1.165, 1.54) is 0 Å². The summed E-state index contributed by atoms with van der Waals surface area (Å²) in [5.41, 5.74) is 1.04. The van der Waals surface area contributed by atoms with Crippen molar-refractivity contribution in [1.29, 1.82) is 0 Å². The number of likely N-dealkylation sites (tertiary alicyclic amines) is 1. The van der Waals surface area contributed by atoms with Crippen LogP contribution in [-0.4, -0.2) is 51.9 Å². The maximum Gasteiger partial charge on any atom is 0.194 e. The number of rotatable bonds is 5. The zero-order valence-electron chi connectivity index (χ0n) is 16.6. The van der Waals surface area contributed by atoms with Gasteiger partial charge in [0, 0.05) is 38.7 Å². The van der Waals surface area contributed by atoms with Crippen molar-refractivity contribution in [2.45, 2.75) is 25.5 Å². The Morgan fingerprint density at radius 3 is 2.45 bits per heavy atom. The van der Waals surface area contributed by atoms with E-state index in [0.29, 0.717) is 6.54 Å². The second-order valence-electron chi connectivity index (χ2n) is 6.97. The van der Waals surface area contributed by atoms with Crippen molar-refractivity contribution < 1.29 is 4.74 Å². The van der Waals surface area contributed by atoms with Gasteiger partial charge < -0.3 is 15.0 Å². The van der Waals surface area contributed by atoms with Gasteiger partial charge in [0.15, 0.2) is 11.8 Å². The third kappa shape index (κ3) is 4.74. The molecule has 0 aliphatic carbocycles. The average Bonchev–Trinajstić information content (AvgIpc) is 3.25. The molecular weight excluding hydrogens is 364 g/mol. The molecule has 1 saturated heterocycles. The zero-order chi connectivity index (χ0) is 19.9. The number of guanidine groups is 1. The number of hydrogen-bond donors (Lipinski definition) is 1. The van der Waals surface area contributed by atoms with Gasteiger partial charge in [-0.15, -0.1) is 10.2 Å². The summed E-state index contributed by atoms with van der Waals surface area (Å²) in [5.74, 6) is 2.67. The second-order valence-corrected chi connectivity index (χ2v) is 6.97. The van der Waals surface area contributed by atoms with E-state index in [1.54, 1.807) is 6.33 Å². The minimum atomic E-state index is 0.243. The molecule has 7 heteroatoms. The summed E-state index contributed by atoms with van der Waals surface area (Å²) in [6.45, 7) is 2.37. The molecule has 1 fully saturated rings. The van der Waals surface area contributed by atoms with Crippen LogP contribution < -0.4 is 10.1 Å². The lowest BCUT2D eigenvalue weighted by atomic mass is 10.1. The van der Waals surface area contributed by atoms with Crippen LogP contribution in [0.5, 0.6) is 5.75 Å². The van der Waals surface area contributed by atoms with Gasteiger partial charge in [0.1, 0.15) is 18.2 Å². The second kappa shape index (κ2) is 9.23. The van der Waals surface area contributed by atoms with E-state index in [0.717, 1.165) is 49.2 Å². The van der Waals surface area contributed by atoms with Crippen LogP contribution in [-0.2, 0) is 6.54 Å². The number of hydrogen-bond acceptors (Lipinski definition) is 4. The molecule has 1 aliphatic heterocycles. The summed E-state index contributed by atoms with van der Waals surface area (Å²) >= 11 is 0. The van der Waals surface area contributed by atoms with Crippen molar-refractivity contribution in [3.63, 3.8) is 0 Å². The van der Waals surface area contributed by atoms with Crippen LogP contribution >= 0.6 is 0 Å². The Kier molecular flexibility index (Phi) is 6.04. The molecule has 0 atom stereocenters. The van der Waals surface area contributed by atoms with Crippen molar-refractivity contribution in [3.05, 3.63) is 72.8 Å². The van der Waals surface area contributed by atoms with E-state index in [-0.39, 0.29) is 6.10 Å². The van der Waals surface area contributed by atoms with E-state index in [4.69, 9.17) is 4.74 Å². The van der Waals surface area contributed by atoms with Gasteiger partial charge in [-0.3, -0.25) is 9.56 Å². The van der Waals surface area contributed by atoms with Crippen LogP contribution in [0.4, 0.5) is 0 Å². The highest BCUT2D eigenvalue weighted by molar-refractivity contribution is 5.79. The third-order valence-electron chi connectivity index (χ3n) is 5.06. The molecule has 1 N–H and O–H groups in total. The fourth-order valence-electron chi connectivity index (χ4n) is 3.55. The van der Waals surface area contributed by atoms with Gasteiger partial charge in [-0.2, -0.15) is 0 Å². The number of piperidine rings is 1. The summed E-state index contributed by atoms with van der Waals surface area (Å²) in [4.78, 5) is 6.73. The molecule has 3 aromatic rings. The Balaban J connectivity index is 1.32. The molecule has 0 saturated carbocycles. The number of nitrogens with zero attached hydrogens (tertiary/aromatic N) is 5. The largest absolute Gasteiger partial charge is 0.490 e. The predicted octanol–water partition coefficient (Wildman–Crippen LogP) is 2.89. The number of ether oxygens (including phenoxy) is 1. The number of para-hydroxylation sites is 2. The normalized spacial score (nSPS) is 15.3. The van der Waals surface area contributed by atoms with Gasteiger partial charge in [-0.05, 0) is 24.3 Å². The molecule has 150 valence electrons. The quantitative estimate of drug-likeness (QED) is 0.536. The minimum Gasteiger partial charge on any atom is -0.490 e. The molecule has 2 heterocycles. The van der Waals surface area contributed by atoms with Crippen LogP contribution in [0.15, 0.2) is 72.0 Å². The smallest absolute Gasteiger partial charge is 0.194 e. The molecule has 1 aliphatic rings. The third-order valence-corrected chi connectivity index (χ3v) is 5.06. The molecule has 0 radical (unpaired) electrons. The first-order valence-electron chi connectivity index (χ1n) is 9.95. The number of benzene rings is 2. The standard InChI is InChI=1S/C22H26N6O/c1-23-22(24-16-21-26-25-17-28(21)18-8-4-2-5-9-18)27-14-12-20(13-15-27)29-19-10-6-3-7-11-19/h2-11,17,20H,12-16H2,1H3,(H,23,24). The van der Waals surface area contributed by atoms with E-state index in [1.807, 2.05) is 72.3 Å². The predicted molar refractivity (Wildman–Crippen MR) is 113 cm³/mol. The highest BCUT2D eigenvalue weighted by atomic mass is 16.5. The summed E-state index contributed by atoms with van der Waals surface area (Å²) in [7, 11) is 1.82. The van der Waals surface area contributed by atoms with Gasteiger partial charge in [-0.25, -0.2) is 0 Å². The van der Waals surface area contributed by atoms with Gasteiger partial charge in [0.05, 0.1) is 6.54 Å². The van der Waals surface area contributed by atoms with Crippen molar-refractivity contribution in [3.8, 4) is 11.4 Å². The molecule has 29 heavy (non-hydrogen) atoms. The molecule has 0 spiro atoms. The van der Waals surface area contributed by atoms with Crippen molar-refractivity contribution in [2.24, 2.45) is 4.99 Å². The van der Waals surface area contributed by atoms with E-state index in [2.05, 4.69) is 25.4 Å². The average molecular weight is 390 g/mol. The maximum absolute atomic E-state index is 6.09. The van der Waals surface area contributed by atoms with E-state index >= 15 is 0 Å². The Labute approximate surface area is 171 Å². The molecule has 1 aromatic heterocycles. The summed E-state index contributed by atoms with van der Waals surface area (Å²) in [6.07, 6.45) is 3.92. The van der Waals surface area contributed by atoms with E-state index in [9.17, 15) is 0 Å². The summed E-state index contributed by atoms with van der Waals surface area (Å²) in [5, 5.41) is 11.8. The van der Waals surface area contributed by atoms with Crippen LogP contribution in [0, 0.1) is 0 Å². The zero-order valence-corrected chi connectivity index (χ0v) is 16.6. The lowest BCUT2D eigenvalue weighted by molar-refractivity contribution is 0.129. The SMILES string of the molecule is CN=C(NCc1nncn1-c1ccccc1)N1CCC(Oc2ccccc2)CC1. The lowest BCUT2D eigenvalue weighted by Crippen LogP contribution is -2.47. The lowest BCUT2D eigenvalue weighted by Gasteiger charge is -2.34. The molecule has 4 rings (SSSR count). The number of aromatic nitrogens is 3. The van der Waals surface area contributed by atoms with Crippen LogP contribution in [0.1, 0.15) is 18.7 Å². The first-order chi connectivity index (χ1) is 14.3. The molecule has 7 nitrogen and oxygen atoms in total. The van der Waals surface area contributed by atoms with Crippen molar-refractivity contribution in [2.75, 3.05) is 20.1 Å². The fraction of sp³-hybridized carbons (Fsp3) is 0.318. The summed E-state index contributed by atoms with van der Waals surface area (Å²) in [6, 6.07) is 20.1. The van der Waals surface area contributed by atoms with Crippen molar-refractivity contribution in [1.82, 2.24) is 25.0 Å². The number of nitrogens with one attached hydrogen (secondary N) is 1. The van der Waals surface area contributed by atoms with Gasteiger partial charge in [0.25, 0.3) is 0 Å². The fourth-order valence-corrected chi connectivity index (χ4v) is 3.55. The first kappa shape index (κ1) is 19.0. The maximum atomic E-state index is 6.09. The van der Waals surface area contributed by atoms with Crippen LogP contribution in [0.25, 0.3) is 5.69 Å². The van der Waals surface area contributed by atoms with Crippen molar-refractivity contribution >= 4 is 5.96 Å².